The molecule has 3 aromatic rings. The fourth-order valence-corrected chi connectivity index (χ4v) is 5.43. The predicted molar refractivity (Wildman–Crippen MR) is 151 cm³/mol. The first-order chi connectivity index (χ1) is 18.8. The summed E-state index contributed by atoms with van der Waals surface area (Å²) < 4.78 is 11.8. The number of carbonyl (C=O) groups excluding carboxylic acids is 1. The molecule has 0 aliphatic carbocycles. The average Bonchev–Trinajstić information content (AvgIpc) is 2.98. The molecule has 2 heterocycles. The summed E-state index contributed by atoms with van der Waals surface area (Å²) in [5.74, 6) is 0.956. The molecular formula is C32H39N3O3. The van der Waals surface area contributed by atoms with Crippen LogP contribution in [0.5, 0.6) is 5.75 Å². The fraction of sp³-hybridized carbons (Fsp3) is 0.406. The third kappa shape index (κ3) is 7.22. The van der Waals surface area contributed by atoms with E-state index >= 15 is 0 Å². The van der Waals surface area contributed by atoms with Crippen LogP contribution < -0.4 is 10.1 Å². The Kier molecular flexibility index (Phi) is 9.43. The Morgan fingerprint density at radius 1 is 0.816 bits per heavy atom. The van der Waals surface area contributed by atoms with Crippen molar-refractivity contribution in [2.75, 3.05) is 59.0 Å². The zero-order chi connectivity index (χ0) is 26.0. The lowest BCUT2D eigenvalue weighted by atomic mass is 9.90. The molecule has 0 bridgehead atoms. The largest absolute Gasteiger partial charge is 0.489 e. The Bertz CT molecular complexity index is 1090. The Balaban J connectivity index is 1.14. The van der Waals surface area contributed by atoms with Gasteiger partial charge in [-0.3, -0.25) is 9.69 Å². The van der Waals surface area contributed by atoms with E-state index in [9.17, 15) is 4.79 Å². The van der Waals surface area contributed by atoms with Gasteiger partial charge >= 0.3 is 0 Å². The quantitative estimate of drug-likeness (QED) is 0.435. The fourth-order valence-electron chi connectivity index (χ4n) is 5.43. The highest BCUT2D eigenvalue weighted by Crippen LogP contribution is 2.28. The van der Waals surface area contributed by atoms with E-state index < -0.39 is 0 Å². The summed E-state index contributed by atoms with van der Waals surface area (Å²) in [5, 5.41) is 3.07. The van der Waals surface area contributed by atoms with Crippen molar-refractivity contribution >= 4 is 5.91 Å². The Morgan fingerprint density at radius 2 is 1.42 bits per heavy atom. The van der Waals surface area contributed by atoms with Crippen molar-refractivity contribution in [3.63, 3.8) is 0 Å². The number of amides is 1. The van der Waals surface area contributed by atoms with E-state index in [2.05, 4.69) is 75.8 Å². The van der Waals surface area contributed by atoms with E-state index in [4.69, 9.17) is 9.47 Å². The van der Waals surface area contributed by atoms with Crippen molar-refractivity contribution in [2.24, 2.45) is 0 Å². The minimum absolute atomic E-state index is 0.0696. The maximum absolute atomic E-state index is 12.9. The number of carbonyl (C=O) groups is 1. The molecule has 200 valence electrons. The Morgan fingerprint density at radius 3 is 2.08 bits per heavy atom. The molecule has 3 aromatic carbocycles. The monoisotopic (exact) mass is 513 g/mol. The highest BCUT2D eigenvalue weighted by Gasteiger charge is 2.25. The minimum atomic E-state index is -0.0696. The molecule has 5 rings (SSSR count). The third-order valence-electron chi connectivity index (χ3n) is 7.62. The topological polar surface area (TPSA) is 54.0 Å². The second-order valence-corrected chi connectivity index (χ2v) is 10.2. The second kappa shape index (κ2) is 13.6. The molecular weight excluding hydrogens is 474 g/mol. The van der Waals surface area contributed by atoms with Gasteiger partial charge in [0.2, 0.25) is 0 Å². The van der Waals surface area contributed by atoms with Gasteiger partial charge in [0.15, 0.2) is 0 Å². The van der Waals surface area contributed by atoms with Gasteiger partial charge in [0, 0.05) is 51.7 Å². The van der Waals surface area contributed by atoms with Crippen LogP contribution in [0.25, 0.3) is 0 Å². The van der Waals surface area contributed by atoms with E-state index in [0.29, 0.717) is 23.8 Å². The van der Waals surface area contributed by atoms with E-state index in [1.54, 1.807) is 0 Å². The van der Waals surface area contributed by atoms with E-state index in [-0.39, 0.29) is 12.0 Å². The van der Waals surface area contributed by atoms with Gasteiger partial charge in [-0.25, -0.2) is 0 Å². The summed E-state index contributed by atoms with van der Waals surface area (Å²) >= 11 is 0. The summed E-state index contributed by atoms with van der Waals surface area (Å²) in [5.41, 5.74) is 3.32. The Labute approximate surface area is 226 Å². The zero-order valence-electron chi connectivity index (χ0n) is 22.1. The number of piperidine rings is 1. The van der Waals surface area contributed by atoms with Crippen molar-refractivity contribution in [1.29, 1.82) is 0 Å². The molecule has 0 unspecified atom stereocenters. The van der Waals surface area contributed by atoms with Gasteiger partial charge in [0.1, 0.15) is 11.9 Å². The Hall–Kier alpha value is -3.19. The first-order valence-corrected chi connectivity index (χ1v) is 13.9. The SMILES string of the molecule is O=C(NCCN1CCOCC1)c1ccccc1OC1CCN(CC(c2ccccc2)c2ccccc2)CC1. The van der Waals surface area contributed by atoms with Gasteiger partial charge < -0.3 is 19.7 Å². The molecule has 0 atom stereocenters. The van der Waals surface area contributed by atoms with E-state index in [0.717, 1.165) is 65.3 Å². The highest BCUT2D eigenvalue weighted by atomic mass is 16.5. The lowest BCUT2D eigenvalue weighted by Crippen LogP contribution is -2.41. The van der Waals surface area contributed by atoms with Gasteiger partial charge in [0.25, 0.3) is 5.91 Å². The number of rotatable bonds is 10. The number of nitrogens with zero attached hydrogens (tertiary/aromatic N) is 2. The first kappa shape index (κ1) is 26.4. The van der Waals surface area contributed by atoms with Crippen LogP contribution in [0.4, 0.5) is 0 Å². The maximum Gasteiger partial charge on any atom is 0.255 e. The van der Waals surface area contributed by atoms with Crippen molar-refractivity contribution in [1.82, 2.24) is 15.1 Å². The van der Waals surface area contributed by atoms with Crippen LogP contribution in [-0.2, 0) is 4.74 Å². The van der Waals surface area contributed by atoms with E-state index in [1.165, 1.54) is 11.1 Å². The van der Waals surface area contributed by atoms with Crippen LogP contribution >= 0.6 is 0 Å². The summed E-state index contributed by atoms with van der Waals surface area (Å²) in [7, 11) is 0. The van der Waals surface area contributed by atoms with Crippen molar-refractivity contribution in [3.05, 3.63) is 102 Å². The van der Waals surface area contributed by atoms with Gasteiger partial charge in [-0.1, -0.05) is 72.8 Å². The average molecular weight is 514 g/mol. The molecule has 0 saturated carbocycles. The molecule has 0 spiro atoms. The predicted octanol–water partition coefficient (Wildman–Crippen LogP) is 4.42. The van der Waals surface area contributed by atoms with Gasteiger partial charge in [0.05, 0.1) is 18.8 Å². The van der Waals surface area contributed by atoms with E-state index in [1.807, 2.05) is 24.3 Å². The van der Waals surface area contributed by atoms with Crippen LogP contribution in [0.15, 0.2) is 84.9 Å². The van der Waals surface area contributed by atoms with Crippen LogP contribution in [-0.4, -0.2) is 80.8 Å². The molecule has 0 aromatic heterocycles. The smallest absolute Gasteiger partial charge is 0.255 e. The molecule has 6 heteroatoms. The molecule has 0 radical (unpaired) electrons. The van der Waals surface area contributed by atoms with Crippen LogP contribution in [0.2, 0.25) is 0 Å². The number of benzene rings is 3. The number of hydrogen-bond acceptors (Lipinski definition) is 5. The normalized spacial score (nSPS) is 17.4. The van der Waals surface area contributed by atoms with Gasteiger partial charge in [-0.15, -0.1) is 0 Å². The molecule has 38 heavy (non-hydrogen) atoms. The minimum Gasteiger partial charge on any atom is -0.489 e. The molecule has 1 N–H and O–H groups in total. The van der Waals surface area contributed by atoms with Gasteiger partial charge in [-0.2, -0.15) is 0 Å². The first-order valence-electron chi connectivity index (χ1n) is 13.9. The standard InChI is InChI=1S/C32H39N3O3/c36-32(33-17-20-34-21-23-37-24-22-34)29-13-7-8-14-31(29)38-28-15-18-35(19-16-28)25-30(26-9-3-1-4-10-26)27-11-5-2-6-12-27/h1-14,28,30H,15-25H2,(H,33,36). The summed E-state index contributed by atoms with van der Waals surface area (Å²) in [4.78, 5) is 17.8. The maximum atomic E-state index is 12.9. The molecule has 2 fully saturated rings. The molecule has 2 saturated heterocycles. The number of morpholine rings is 1. The molecule has 6 nitrogen and oxygen atoms in total. The molecule has 2 aliphatic rings. The summed E-state index contributed by atoms with van der Waals surface area (Å²) in [6.07, 6.45) is 2.01. The number of likely N-dealkylation sites (tertiary alicyclic amines) is 1. The van der Waals surface area contributed by atoms with Crippen LogP contribution in [0.1, 0.15) is 40.2 Å². The van der Waals surface area contributed by atoms with Crippen molar-refractivity contribution in [2.45, 2.75) is 24.9 Å². The molecule has 1 amide bonds. The van der Waals surface area contributed by atoms with Gasteiger partial charge in [-0.05, 0) is 36.1 Å². The highest BCUT2D eigenvalue weighted by molar-refractivity contribution is 5.96. The summed E-state index contributed by atoms with van der Waals surface area (Å²) in [6, 6.07) is 29.2. The number of para-hydroxylation sites is 1. The molecule has 2 aliphatic heterocycles. The van der Waals surface area contributed by atoms with Crippen molar-refractivity contribution in [3.8, 4) is 5.75 Å². The zero-order valence-corrected chi connectivity index (χ0v) is 22.1. The second-order valence-electron chi connectivity index (χ2n) is 10.2. The third-order valence-corrected chi connectivity index (χ3v) is 7.62. The van der Waals surface area contributed by atoms with Crippen LogP contribution in [0, 0.1) is 0 Å². The van der Waals surface area contributed by atoms with Crippen molar-refractivity contribution < 1.29 is 14.3 Å². The van der Waals surface area contributed by atoms with Crippen LogP contribution in [0.3, 0.4) is 0 Å². The summed E-state index contributed by atoms with van der Waals surface area (Å²) in [6.45, 7) is 7.79. The lowest BCUT2D eigenvalue weighted by Gasteiger charge is -2.35. The number of nitrogens with one attached hydrogen (secondary N) is 1. The lowest BCUT2D eigenvalue weighted by molar-refractivity contribution is 0.0383. The number of ether oxygens (including phenoxy) is 2. The number of hydrogen-bond donors (Lipinski definition) is 1.